The molecule has 12 heteroatoms. The molecule has 0 radical (unpaired) electrons. The number of carbonyl (C=O) groups is 1. The fourth-order valence-electron chi connectivity index (χ4n) is 3.40. The van der Waals surface area contributed by atoms with Gasteiger partial charge < -0.3 is 19.6 Å². The predicted octanol–water partition coefficient (Wildman–Crippen LogP) is 4.56. The van der Waals surface area contributed by atoms with Gasteiger partial charge in [-0.25, -0.2) is 0 Å². The molecule has 184 valence electrons. The summed E-state index contributed by atoms with van der Waals surface area (Å²) in [5.74, 6) is 0.587. The average molecular weight is 511 g/mol. The first-order valence-corrected chi connectivity index (χ1v) is 11.0. The van der Waals surface area contributed by atoms with E-state index >= 15 is 0 Å². The quantitative estimate of drug-likeness (QED) is 0.596. The molecule has 1 N–H and O–H groups in total. The van der Waals surface area contributed by atoms with Crippen molar-refractivity contribution in [2.45, 2.75) is 39.6 Å². The highest BCUT2D eigenvalue weighted by molar-refractivity contribution is 6.32. The van der Waals surface area contributed by atoms with E-state index < -0.39 is 18.0 Å². The van der Waals surface area contributed by atoms with E-state index in [4.69, 9.17) is 27.9 Å². The molecule has 0 saturated carbocycles. The van der Waals surface area contributed by atoms with Crippen LogP contribution in [0.5, 0.6) is 5.75 Å². The van der Waals surface area contributed by atoms with Gasteiger partial charge in [0.15, 0.2) is 5.69 Å². The number of methoxy groups -OCH3 is 1. The van der Waals surface area contributed by atoms with Crippen LogP contribution in [0.15, 0.2) is 12.1 Å². The molecule has 1 aromatic carbocycles. The van der Waals surface area contributed by atoms with Crippen molar-refractivity contribution in [2.24, 2.45) is 0 Å². The lowest BCUT2D eigenvalue weighted by molar-refractivity contribution is -0.141. The molecule has 0 bridgehead atoms. The molecule has 1 aliphatic rings. The first-order valence-electron chi connectivity index (χ1n) is 10.2. The van der Waals surface area contributed by atoms with Crippen molar-refractivity contribution in [1.82, 2.24) is 14.7 Å². The van der Waals surface area contributed by atoms with Gasteiger partial charge in [0.1, 0.15) is 5.75 Å². The lowest BCUT2D eigenvalue weighted by Gasteiger charge is -2.35. The molecule has 1 aromatic heterocycles. The van der Waals surface area contributed by atoms with Gasteiger partial charge in [-0.15, -0.1) is 0 Å². The van der Waals surface area contributed by atoms with E-state index in [1.54, 1.807) is 31.9 Å². The van der Waals surface area contributed by atoms with Crippen LogP contribution in [0.25, 0.3) is 0 Å². The van der Waals surface area contributed by atoms with Crippen LogP contribution in [0.1, 0.15) is 36.9 Å². The Morgan fingerprint density at radius 1 is 1.24 bits per heavy atom. The van der Waals surface area contributed by atoms with Gasteiger partial charge in [-0.1, -0.05) is 23.2 Å². The SMILES string of the molecule is CCn1nc(C(F)(F)F)c(Cl)c1C.COc1cc(N2CCN(C=O)CC2)c(C(C)O)cc1Cl. The number of halogens is 5. The third-order valence-corrected chi connectivity index (χ3v) is 6.00. The number of nitrogens with zero attached hydrogens (tertiary/aromatic N) is 4. The first kappa shape index (κ1) is 27.1. The summed E-state index contributed by atoms with van der Waals surface area (Å²) in [7, 11) is 1.57. The molecule has 33 heavy (non-hydrogen) atoms. The second-order valence-electron chi connectivity index (χ2n) is 7.41. The molecule has 3 rings (SSSR count). The highest BCUT2D eigenvalue weighted by Gasteiger charge is 2.38. The third-order valence-electron chi connectivity index (χ3n) is 5.26. The summed E-state index contributed by atoms with van der Waals surface area (Å²) in [4.78, 5) is 14.6. The normalized spacial score (nSPS) is 15.1. The first-order chi connectivity index (χ1) is 15.4. The summed E-state index contributed by atoms with van der Waals surface area (Å²) in [5.41, 5.74) is 1.02. The number of hydrogen-bond donors (Lipinski definition) is 1. The van der Waals surface area contributed by atoms with E-state index in [0.29, 0.717) is 36.1 Å². The molecule has 7 nitrogen and oxygen atoms in total. The molecule has 1 saturated heterocycles. The maximum atomic E-state index is 12.2. The lowest BCUT2D eigenvalue weighted by Crippen LogP contribution is -2.46. The van der Waals surface area contributed by atoms with Crippen LogP contribution in [0.3, 0.4) is 0 Å². The summed E-state index contributed by atoms with van der Waals surface area (Å²) in [6.07, 6.45) is -4.21. The second kappa shape index (κ2) is 11.3. The summed E-state index contributed by atoms with van der Waals surface area (Å²) in [5, 5.41) is 13.5. The van der Waals surface area contributed by atoms with E-state index in [0.717, 1.165) is 30.8 Å². The van der Waals surface area contributed by atoms with Gasteiger partial charge in [0.2, 0.25) is 6.41 Å². The molecular formula is C21H27Cl2F3N4O3. The van der Waals surface area contributed by atoms with Crippen molar-refractivity contribution >= 4 is 35.3 Å². The Balaban J connectivity index is 0.000000257. The number of aliphatic hydroxyl groups is 1. The van der Waals surface area contributed by atoms with Crippen LogP contribution in [0.2, 0.25) is 10.0 Å². The zero-order valence-electron chi connectivity index (χ0n) is 18.8. The molecule has 2 aromatic rings. The summed E-state index contributed by atoms with van der Waals surface area (Å²) < 4.78 is 43.1. The Bertz CT molecular complexity index is 959. The van der Waals surface area contributed by atoms with Crippen molar-refractivity contribution in [1.29, 1.82) is 0 Å². The average Bonchev–Trinajstić information content (AvgIpc) is 3.08. The van der Waals surface area contributed by atoms with Crippen LogP contribution in [0.4, 0.5) is 18.9 Å². The van der Waals surface area contributed by atoms with Gasteiger partial charge in [-0.3, -0.25) is 9.48 Å². The largest absolute Gasteiger partial charge is 0.495 e. The lowest BCUT2D eigenvalue weighted by atomic mass is 10.1. The standard InChI is InChI=1S/C14H19ClN2O3.C7H8ClF3N2/c1-10(19)11-7-12(15)14(20-2)8-13(11)17-5-3-16(9-18)4-6-17;1-3-13-4(2)5(8)6(12-13)7(9,10)11/h7-10,19H,3-6H2,1-2H3;3H2,1-2H3. The number of aliphatic hydroxyl groups excluding tert-OH is 1. The number of benzene rings is 1. The van der Waals surface area contributed by atoms with Gasteiger partial charge in [0.25, 0.3) is 0 Å². The number of aromatic nitrogens is 2. The van der Waals surface area contributed by atoms with Crippen molar-refractivity contribution in [3.63, 3.8) is 0 Å². The topological polar surface area (TPSA) is 70.8 Å². The number of alkyl halides is 3. The minimum absolute atomic E-state index is 0.311. The van der Waals surface area contributed by atoms with E-state index in [-0.39, 0.29) is 5.02 Å². The number of rotatable bonds is 5. The van der Waals surface area contributed by atoms with Gasteiger partial charge in [0.05, 0.1) is 29.0 Å². The molecule has 1 fully saturated rings. The van der Waals surface area contributed by atoms with Crippen molar-refractivity contribution in [2.75, 3.05) is 38.2 Å². The van der Waals surface area contributed by atoms with Crippen LogP contribution in [-0.4, -0.2) is 59.5 Å². The Hall–Kier alpha value is -2.17. The van der Waals surface area contributed by atoms with Gasteiger partial charge >= 0.3 is 6.18 Å². The van der Waals surface area contributed by atoms with Crippen LogP contribution >= 0.6 is 23.2 Å². The fourth-order valence-corrected chi connectivity index (χ4v) is 3.90. The molecular weight excluding hydrogens is 484 g/mol. The van der Waals surface area contributed by atoms with Gasteiger partial charge in [-0.2, -0.15) is 18.3 Å². The zero-order chi connectivity index (χ0) is 24.9. The third kappa shape index (κ3) is 6.45. The molecule has 1 unspecified atom stereocenters. The van der Waals surface area contributed by atoms with Crippen LogP contribution < -0.4 is 9.64 Å². The number of aryl methyl sites for hydroxylation is 1. The maximum Gasteiger partial charge on any atom is 0.436 e. The fraction of sp³-hybridized carbons (Fsp3) is 0.524. The molecule has 1 amide bonds. The van der Waals surface area contributed by atoms with Gasteiger partial charge in [-0.05, 0) is 26.8 Å². The molecule has 1 aliphatic heterocycles. The number of carbonyl (C=O) groups excluding carboxylic acids is 1. The Morgan fingerprint density at radius 3 is 2.24 bits per heavy atom. The van der Waals surface area contributed by atoms with Crippen molar-refractivity contribution in [3.05, 3.63) is 39.1 Å². The summed E-state index contributed by atoms with van der Waals surface area (Å²) in [6.45, 7) is 8.10. The number of amides is 1. The number of ether oxygens (including phenoxy) is 1. The Kier molecular flexibility index (Phi) is 9.28. The maximum absolute atomic E-state index is 12.2. The van der Waals surface area contributed by atoms with E-state index in [1.807, 2.05) is 6.07 Å². The molecule has 0 spiro atoms. The highest BCUT2D eigenvalue weighted by atomic mass is 35.5. The predicted molar refractivity (Wildman–Crippen MR) is 121 cm³/mol. The minimum atomic E-state index is -4.47. The zero-order valence-corrected chi connectivity index (χ0v) is 20.3. The number of anilines is 1. The monoisotopic (exact) mass is 510 g/mol. The number of hydrogen-bond acceptors (Lipinski definition) is 5. The van der Waals surface area contributed by atoms with Crippen LogP contribution in [-0.2, 0) is 17.5 Å². The summed E-state index contributed by atoms with van der Waals surface area (Å²) in [6, 6.07) is 3.59. The second-order valence-corrected chi connectivity index (χ2v) is 8.20. The highest BCUT2D eigenvalue weighted by Crippen LogP contribution is 2.37. The van der Waals surface area contributed by atoms with Crippen molar-refractivity contribution < 1.29 is 27.8 Å². The van der Waals surface area contributed by atoms with Gasteiger partial charge in [0, 0.05) is 50.0 Å². The van der Waals surface area contributed by atoms with Crippen LogP contribution in [0, 0.1) is 6.92 Å². The molecule has 2 heterocycles. The van der Waals surface area contributed by atoms with E-state index in [2.05, 4.69) is 10.00 Å². The summed E-state index contributed by atoms with van der Waals surface area (Å²) >= 11 is 11.6. The Morgan fingerprint density at radius 2 is 1.85 bits per heavy atom. The minimum Gasteiger partial charge on any atom is -0.495 e. The number of piperazine rings is 1. The molecule has 1 atom stereocenters. The Labute approximate surface area is 200 Å². The van der Waals surface area contributed by atoms with Crippen molar-refractivity contribution in [3.8, 4) is 5.75 Å². The smallest absolute Gasteiger partial charge is 0.436 e. The molecule has 0 aliphatic carbocycles. The van der Waals surface area contributed by atoms with E-state index in [1.165, 1.54) is 11.6 Å². The van der Waals surface area contributed by atoms with E-state index in [9.17, 15) is 23.1 Å².